The molecule has 0 spiro atoms. The predicted molar refractivity (Wildman–Crippen MR) is 95.1 cm³/mol. The molecule has 0 aliphatic carbocycles. The number of fused-ring (bicyclic) bond motifs is 1. The standard InChI is InChI=1S/C18H16F4N4O3/c1-17(2,28)8-14(27)25-16-24-13-7-10(19)9-23-15(13)26(16)11-3-5-12(6-4-11)29-18(20,21)22/h3-7,9,28H,8H2,1-2H3,(H,24,25,27). The van der Waals surface area contributed by atoms with Gasteiger partial charge in [0.2, 0.25) is 11.9 Å². The second-order valence-corrected chi connectivity index (χ2v) is 6.85. The highest BCUT2D eigenvalue weighted by Crippen LogP contribution is 2.28. The highest BCUT2D eigenvalue weighted by atomic mass is 19.4. The largest absolute Gasteiger partial charge is 0.573 e. The quantitative estimate of drug-likeness (QED) is 0.626. The Hall–Kier alpha value is -3.21. The van der Waals surface area contributed by atoms with Gasteiger partial charge in [0.25, 0.3) is 0 Å². The Kier molecular flexibility index (Phi) is 5.18. The zero-order valence-corrected chi connectivity index (χ0v) is 15.3. The van der Waals surface area contributed by atoms with Gasteiger partial charge in [-0.2, -0.15) is 0 Å². The van der Waals surface area contributed by atoms with E-state index in [2.05, 4.69) is 20.0 Å². The van der Waals surface area contributed by atoms with E-state index in [1.54, 1.807) is 0 Å². The Morgan fingerprint density at radius 3 is 2.48 bits per heavy atom. The lowest BCUT2D eigenvalue weighted by atomic mass is 10.1. The maximum atomic E-state index is 13.5. The number of rotatable bonds is 5. The molecule has 3 aromatic rings. The number of halogens is 4. The number of alkyl halides is 3. The van der Waals surface area contributed by atoms with Crippen LogP contribution in [0.3, 0.4) is 0 Å². The van der Waals surface area contributed by atoms with Crippen LogP contribution >= 0.6 is 0 Å². The van der Waals surface area contributed by atoms with Crippen molar-refractivity contribution in [1.82, 2.24) is 14.5 Å². The lowest BCUT2D eigenvalue weighted by Gasteiger charge is -2.16. The molecular weight excluding hydrogens is 396 g/mol. The van der Waals surface area contributed by atoms with E-state index in [4.69, 9.17) is 0 Å². The van der Waals surface area contributed by atoms with E-state index >= 15 is 0 Å². The molecular formula is C18H16F4N4O3. The number of carbonyl (C=O) groups excluding carboxylic acids is 1. The Labute approximate surface area is 161 Å². The van der Waals surface area contributed by atoms with Crippen LogP contribution in [-0.2, 0) is 4.79 Å². The van der Waals surface area contributed by atoms with Crippen molar-refractivity contribution in [3.8, 4) is 11.4 Å². The van der Waals surface area contributed by atoms with Crippen LogP contribution in [0.2, 0.25) is 0 Å². The molecule has 11 heteroatoms. The molecule has 3 rings (SSSR count). The van der Waals surface area contributed by atoms with E-state index in [1.807, 2.05) is 0 Å². The van der Waals surface area contributed by atoms with E-state index < -0.39 is 29.4 Å². The van der Waals surface area contributed by atoms with Crippen LogP contribution in [0.15, 0.2) is 36.5 Å². The van der Waals surface area contributed by atoms with Gasteiger partial charge in [-0.25, -0.2) is 14.4 Å². The fraction of sp³-hybridized carbons (Fsp3) is 0.278. The molecule has 0 radical (unpaired) electrons. The number of nitrogens with zero attached hydrogens (tertiary/aromatic N) is 3. The maximum Gasteiger partial charge on any atom is 0.573 e. The van der Waals surface area contributed by atoms with Gasteiger partial charge in [0.15, 0.2) is 5.65 Å². The minimum atomic E-state index is -4.83. The van der Waals surface area contributed by atoms with Crippen molar-refractivity contribution in [3.63, 3.8) is 0 Å². The molecule has 0 fully saturated rings. The number of carbonyl (C=O) groups is 1. The molecule has 0 bridgehead atoms. The minimum Gasteiger partial charge on any atom is -0.406 e. The van der Waals surface area contributed by atoms with E-state index in [1.165, 1.54) is 30.5 Å². The number of hydrogen-bond donors (Lipinski definition) is 2. The van der Waals surface area contributed by atoms with Gasteiger partial charge >= 0.3 is 6.36 Å². The van der Waals surface area contributed by atoms with Crippen molar-refractivity contribution in [2.24, 2.45) is 0 Å². The molecule has 1 aromatic carbocycles. The Bertz CT molecular complexity index is 1040. The van der Waals surface area contributed by atoms with Crippen molar-refractivity contribution >= 4 is 23.0 Å². The topological polar surface area (TPSA) is 89.3 Å². The third kappa shape index (κ3) is 5.19. The SMILES string of the molecule is CC(C)(O)CC(=O)Nc1nc2cc(F)cnc2n1-c1ccc(OC(F)(F)F)cc1. The third-order valence-electron chi connectivity index (χ3n) is 3.64. The van der Waals surface area contributed by atoms with Crippen LogP contribution in [0.5, 0.6) is 5.75 Å². The number of amides is 1. The van der Waals surface area contributed by atoms with Crippen LogP contribution in [0.1, 0.15) is 20.3 Å². The predicted octanol–water partition coefficient (Wildman–Crippen LogP) is 3.56. The highest BCUT2D eigenvalue weighted by molar-refractivity contribution is 5.92. The Morgan fingerprint density at radius 2 is 1.90 bits per heavy atom. The molecule has 154 valence electrons. The van der Waals surface area contributed by atoms with Gasteiger partial charge in [0, 0.05) is 6.07 Å². The summed E-state index contributed by atoms with van der Waals surface area (Å²) in [6.45, 7) is 2.90. The summed E-state index contributed by atoms with van der Waals surface area (Å²) in [4.78, 5) is 20.3. The molecule has 0 aliphatic heterocycles. The van der Waals surface area contributed by atoms with Crippen molar-refractivity contribution in [3.05, 3.63) is 42.3 Å². The van der Waals surface area contributed by atoms with Crippen LogP contribution < -0.4 is 10.1 Å². The summed E-state index contributed by atoms with van der Waals surface area (Å²) in [6.07, 6.45) is -4.13. The second-order valence-electron chi connectivity index (χ2n) is 6.85. The Morgan fingerprint density at radius 1 is 1.24 bits per heavy atom. The first kappa shape index (κ1) is 20.5. The third-order valence-corrected chi connectivity index (χ3v) is 3.64. The van der Waals surface area contributed by atoms with Gasteiger partial charge in [0.1, 0.15) is 17.1 Å². The smallest absolute Gasteiger partial charge is 0.406 e. The molecule has 0 atom stereocenters. The van der Waals surface area contributed by atoms with Crippen molar-refractivity contribution in [2.45, 2.75) is 32.2 Å². The first-order valence-corrected chi connectivity index (χ1v) is 8.34. The molecule has 0 saturated carbocycles. The normalized spacial score (nSPS) is 12.2. The molecule has 1 amide bonds. The number of benzene rings is 1. The number of imidazole rings is 1. The number of ether oxygens (including phenoxy) is 1. The van der Waals surface area contributed by atoms with E-state index in [0.29, 0.717) is 5.69 Å². The van der Waals surface area contributed by atoms with Crippen molar-refractivity contribution < 1.29 is 32.2 Å². The lowest BCUT2D eigenvalue weighted by Crippen LogP contribution is -2.28. The van der Waals surface area contributed by atoms with Crippen LogP contribution in [0.25, 0.3) is 16.9 Å². The zero-order chi connectivity index (χ0) is 21.4. The fourth-order valence-corrected chi connectivity index (χ4v) is 2.63. The van der Waals surface area contributed by atoms with E-state index in [0.717, 1.165) is 24.4 Å². The van der Waals surface area contributed by atoms with Gasteiger partial charge < -0.3 is 9.84 Å². The molecule has 7 nitrogen and oxygen atoms in total. The lowest BCUT2D eigenvalue weighted by molar-refractivity contribution is -0.274. The summed E-state index contributed by atoms with van der Waals surface area (Å²) in [5, 5.41) is 12.3. The zero-order valence-electron chi connectivity index (χ0n) is 15.3. The van der Waals surface area contributed by atoms with Crippen molar-refractivity contribution in [2.75, 3.05) is 5.32 Å². The average molecular weight is 412 g/mol. The van der Waals surface area contributed by atoms with Gasteiger partial charge in [-0.15, -0.1) is 13.2 Å². The van der Waals surface area contributed by atoms with Gasteiger partial charge in [-0.1, -0.05) is 0 Å². The first-order chi connectivity index (χ1) is 13.4. The molecule has 0 aliphatic rings. The summed E-state index contributed by atoms with van der Waals surface area (Å²) in [6, 6.07) is 5.88. The number of nitrogens with one attached hydrogen (secondary N) is 1. The molecule has 2 aromatic heterocycles. The van der Waals surface area contributed by atoms with E-state index in [-0.39, 0.29) is 23.5 Å². The number of aromatic nitrogens is 3. The second kappa shape index (κ2) is 7.32. The van der Waals surface area contributed by atoms with Crippen LogP contribution in [0, 0.1) is 5.82 Å². The molecule has 2 heterocycles. The summed E-state index contributed by atoms with van der Waals surface area (Å²) in [5.41, 5.74) is -0.671. The van der Waals surface area contributed by atoms with Gasteiger partial charge in [-0.3, -0.25) is 14.7 Å². The van der Waals surface area contributed by atoms with E-state index in [9.17, 15) is 27.5 Å². The summed E-state index contributed by atoms with van der Waals surface area (Å²) in [7, 11) is 0. The average Bonchev–Trinajstić information content (AvgIpc) is 2.89. The number of pyridine rings is 1. The number of aliphatic hydroxyl groups is 1. The summed E-state index contributed by atoms with van der Waals surface area (Å²) in [5.74, 6) is -1.67. The first-order valence-electron chi connectivity index (χ1n) is 8.34. The monoisotopic (exact) mass is 412 g/mol. The molecule has 2 N–H and O–H groups in total. The van der Waals surface area contributed by atoms with Crippen LogP contribution in [-0.4, -0.2) is 37.5 Å². The highest BCUT2D eigenvalue weighted by Gasteiger charge is 2.31. The van der Waals surface area contributed by atoms with Crippen molar-refractivity contribution in [1.29, 1.82) is 0 Å². The maximum absolute atomic E-state index is 13.5. The minimum absolute atomic E-state index is 0.0307. The van der Waals surface area contributed by atoms with Gasteiger partial charge in [-0.05, 0) is 38.1 Å². The molecule has 0 unspecified atom stereocenters. The molecule has 0 saturated heterocycles. The summed E-state index contributed by atoms with van der Waals surface area (Å²) < 4.78 is 55.8. The van der Waals surface area contributed by atoms with Gasteiger partial charge in [0.05, 0.1) is 23.9 Å². The summed E-state index contributed by atoms with van der Waals surface area (Å²) >= 11 is 0. The number of hydrogen-bond acceptors (Lipinski definition) is 5. The van der Waals surface area contributed by atoms with Crippen LogP contribution in [0.4, 0.5) is 23.5 Å². The molecule has 29 heavy (non-hydrogen) atoms. The number of anilines is 1. The Balaban J connectivity index is 2.02. The fourth-order valence-electron chi connectivity index (χ4n) is 2.63.